The molecule has 1 aliphatic heterocycles. The van der Waals surface area contributed by atoms with Crippen LogP contribution in [0.15, 0.2) is 66.7 Å². The number of aromatic nitrogens is 2. The summed E-state index contributed by atoms with van der Waals surface area (Å²) in [4.78, 5) is 24.0. The summed E-state index contributed by atoms with van der Waals surface area (Å²) >= 11 is 0. The second-order valence-corrected chi connectivity index (χ2v) is 9.21. The fourth-order valence-corrected chi connectivity index (χ4v) is 4.56. The van der Waals surface area contributed by atoms with Gasteiger partial charge in [-0.05, 0) is 61.7 Å². The second-order valence-electron chi connectivity index (χ2n) is 9.21. The predicted molar refractivity (Wildman–Crippen MR) is 152 cm³/mol. The Bertz CT molecular complexity index is 1450. The number of amides is 1. The number of hydrogen-bond acceptors (Lipinski definition) is 6. The Hall–Kier alpha value is -4.17. The Morgan fingerprint density at radius 2 is 1.76 bits per heavy atom. The van der Waals surface area contributed by atoms with Crippen molar-refractivity contribution in [1.29, 1.82) is 5.41 Å². The molecule has 1 aromatic heterocycles. The van der Waals surface area contributed by atoms with Gasteiger partial charge in [-0.3, -0.25) is 10.2 Å². The van der Waals surface area contributed by atoms with E-state index >= 15 is 0 Å². The Balaban J connectivity index is 0.00000336. The number of hydrogen-bond donors (Lipinski definition) is 3. The molecule has 0 aliphatic carbocycles. The highest BCUT2D eigenvalue weighted by molar-refractivity contribution is 6.00. The summed E-state index contributed by atoms with van der Waals surface area (Å²) in [7, 11) is 0. The standard InChI is InChI=1S/C29H30N6O2.ClH/c1-19-33-25-16-22(29(36)35-13-5-6-14-35)9-11-24(25)28(34-19)32-17-23-15-21(27(30)31)10-12-26(23)37-18-20-7-3-2-4-8-20;/h2-4,7-12,15-16H,5-6,13-14,17-18H2,1H3,(H3,30,31)(H,32,33,34);1H. The third kappa shape index (κ3) is 6.03. The maximum Gasteiger partial charge on any atom is 0.253 e. The average Bonchev–Trinajstić information content (AvgIpc) is 3.45. The van der Waals surface area contributed by atoms with Gasteiger partial charge in [0.2, 0.25) is 0 Å². The van der Waals surface area contributed by atoms with Crippen molar-refractivity contribution < 1.29 is 9.53 Å². The molecule has 196 valence electrons. The zero-order chi connectivity index (χ0) is 25.8. The number of rotatable bonds is 8. The van der Waals surface area contributed by atoms with Gasteiger partial charge in [-0.1, -0.05) is 30.3 Å². The lowest BCUT2D eigenvalue weighted by atomic mass is 10.1. The van der Waals surface area contributed by atoms with Gasteiger partial charge in [0.25, 0.3) is 5.91 Å². The molecule has 2 heterocycles. The maximum atomic E-state index is 12.9. The van der Waals surface area contributed by atoms with Crippen LogP contribution in [-0.4, -0.2) is 39.7 Å². The number of aryl methyl sites for hydroxylation is 1. The minimum absolute atomic E-state index is 0. The van der Waals surface area contributed by atoms with E-state index in [2.05, 4.69) is 15.3 Å². The highest BCUT2D eigenvalue weighted by Crippen LogP contribution is 2.26. The minimum Gasteiger partial charge on any atom is -0.489 e. The summed E-state index contributed by atoms with van der Waals surface area (Å²) in [5, 5.41) is 12.1. The fourth-order valence-electron chi connectivity index (χ4n) is 4.56. The van der Waals surface area contributed by atoms with Gasteiger partial charge in [-0.2, -0.15) is 0 Å². The Kier molecular flexibility index (Phi) is 8.43. The quantitative estimate of drug-likeness (QED) is 0.216. The Morgan fingerprint density at radius 3 is 2.50 bits per heavy atom. The summed E-state index contributed by atoms with van der Waals surface area (Å²) in [5.41, 5.74) is 9.66. The van der Waals surface area contributed by atoms with E-state index in [9.17, 15) is 4.79 Å². The van der Waals surface area contributed by atoms with Gasteiger partial charge in [0.1, 0.15) is 29.8 Å². The summed E-state index contributed by atoms with van der Waals surface area (Å²) in [6.45, 7) is 4.28. The molecule has 0 unspecified atom stereocenters. The zero-order valence-corrected chi connectivity index (χ0v) is 22.1. The number of nitrogens with zero attached hydrogens (tertiary/aromatic N) is 3. The largest absolute Gasteiger partial charge is 0.489 e. The molecule has 0 atom stereocenters. The average molecular weight is 531 g/mol. The van der Waals surface area contributed by atoms with Crippen LogP contribution in [0.25, 0.3) is 10.9 Å². The van der Waals surface area contributed by atoms with Crippen molar-refractivity contribution in [1.82, 2.24) is 14.9 Å². The summed E-state index contributed by atoms with van der Waals surface area (Å²) in [5.74, 6) is 2.03. The van der Waals surface area contributed by atoms with Crippen LogP contribution in [0.5, 0.6) is 5.75 Å². The lowest BCUT2D eigenvalue weighted by Gasteiger charge is -2.17. The van der Waals surface area contributed by atoms with Crippen LogP contribution >= 0.6 is 12.4 Å². The molecule has 5 rings (SSSR count). The number of fused-ring (bicyclic) bond motifs is 1. The molecule has 0 spiro atoms. The van der Waals surface area contributed by atoms with E-state index in [1.807, 2.05) is 72.5 Å². The molecule has 1 saturated heterocycles. The predicted octanol–water partition coefficient (Wildman–Crippen LogP) is 5.07. The van der Waals surface area contributed by atoms with Crippen LogP contribution in [0.2, 0.25) is 0 Å². The first kappa shape index (κ1) is 26.9. The summed E-state index contributed by atoms with van der Waals surface area (Å²) in [6, 6.07) is 21.0. The molecule has 1 fully saturated rings. The number of nitrogen functional groups attached to an aromatic ring is 1. The van der Waals surface area contributed by atoms with Crippen LogP contribution in [0.4, 0.5) is 5.82 Å². The van der Waals surface area contributed by atoms with E-state index in [0.717, 1.165) is 48.0 Å². The molecular formula is C29H31ClN6O2. The van der Waals surface area contributed by atoms with E-state index in [-0.39, 0.29) is 24.1 Å². The molecule has 9 heteroatoms. The number of carbonyl (C=O) groups excluding carboxylic acids is 1. The van der Waals surface area contributed by atoms with E-state index in [1.165, 1.54) is 0 Å². The fraction of sp³-hybridized carbons (Fsp3) is 0.241. The molecule has 3 aromatic carbocycles. The Morgan fingerprint density at radius 1 is 1.03 bits per heavy atom. The normalized spacial score (nSPS) is 12.7. The van der Waals surface area contributed by atoms with Crippen molar-refractivity contribution in [2.45, 2.75) is 32.9 Å². The van der Waals surface area contributed by atoms with E-state index in [4.69, 9.17) is 15.9 Å². The highest BCUT2D eigenvalue weighted by atomic mass is 35.5. The van der Waals surface area contributed by atoms with Gasteiger partial charge in [0, 0.05) is 41.7 Å². The number of carbonyl (C=O) groups is 1. The van der Waals surface area contributed by atoms with Crippen LogP contribution in [0.3, 0.4) is 0 Å². The number of nitrogens with two attached hydrogens (primary N) is 1. The first-order valence-electron chi connectivity index (χ1n) is 12.4. The number of anilines is 1. The maximum absolute atomic E-state index is 12.9. The van der Waals surface area contributed by atoms with Gasteiger partial charge in [0.05, 0.1) is 5.52 Å². The van der Waals surface area contributed by atoms with Crippen molar-refractivity contribution in [3.05, 3.63) is 94.8 Å². The number of amidine groups is 1. The lowest BCUT2D eigenvalue weighted by molar-refractivity contribution is 0.0793. The van der Waals surface area contributed by atoms with Gasteiger partial charge in [-0.25, -0.2) is 9.97 Å². The molecule has 0 radical (unpaired) electrons. The first-order chi connectivity index (χ1) is 18.0. The topological polar surface area (TPSA) is 117 Å². The Labute approximate surface area is 228 Å². The monoisotopic (exact) mass is 530 g/mol. The molecule has 1 amide bonds. The number of ether oxygens (including phenoxy) is 1. The van der Waals surface area contributed by atoms with Crippen molar-refractivity contribution in [3.8, 4) is 5.75 Å². The number of likely N-dealkylation sites (tertiary alicyclic amines) is 1. The molecule has 0 saturated carbocycles. The zero-order valence-electron chi connectivity index (χ0n) is 21.2. The van der Waals surface area contributed by atoms with Crippen LogP contribution in [0.1, 0.15) is 45.7 Å². The van der Waals surface area contributed by atoms with Crippen LogP contribution in [-0.2, 0) is 13.2 Å². The van der Waals surface area contributed by atoms with Gasteiger partial charge in [0.15, 0.2) is 0 Å². The van der Waals surface area contributed by atoms with Gasteiger partial charge < -0.3 is 20.7 Å². The van der Waals surface area contributed by atoms with E-state index < -0.39 is 0 Å². The van der Waals surface area contributed by atoms with Crippen molar-refractivity contribution in [2.24, 2.45) is 5.73 Å². The molecule has 0 bridgehead atoms. The number of halogens is 1. The smallest absolute Gasteiger partial charge is 0.253 e. The van der Waals surface area contributed by atoms with Crippen LogP contribution in [0, 0.1) is 12.3 Å². The highest BCUT2D eigenvalue weighted by Gasteiger charge is 2.20. The number of nitrogens with one attached hydrogen (secondary N) is 2. The molecule has 4 N–H and O–H groups in total. The molecule has 4 aromatic rings. The summed E-state index contributed by atoms with van der Waals surface area (Å²) in [6.07, 6.45) is 2.10. The minimum atomic E-state index is -0.00520. The molecular weight excluding hydrogens is 500 g/mol. The SMILES string of the molecule is Cc1nc(NCc2cc(C(=N)N)ccc2OCc2ccccc2)c2ccc(C(=O)N3CCCC3)cc2n1.Cl. The lowest BCUT2D eigenvalue weighted by Crippen LogP contribution is -2.27. The van der Waals surface area contributed by atoms with E-state index in [1.54, 1.807) is 6.07 Å². The first-order valence-corrected chi connectivity index (χ1v) is 12.4. The van der Waals surface area contributed by atoms with E-state index in [0.29, 0.717) is 41.7 Å². The molecule has 8 nitrogen and oxygen atoms in total. The van der Waals surface area contributed by atoms with Crippen molar-refractivity contribution in [3.63, 3.8) is 0 Å². The molecule has 1 aliphatic rings. The van der Waals surface area contributed by atoms with Crippen molar-refractivity contribution >= 4 is 40.9 Å². The number of benzene rings is 3. The van der Waals surface area contributed by atoms with Crippen molar-refractivity contribution in [2.75, 3.05) is 18.4 Å². The van der Waals surface area contributed by atoms with Crippen LogP contribution < -0.4 is 15.8 Å². The third-order valence-corrected chi connectivity index (χ3v) is 6.50. The summed E-state index contributed by atoms with van der Waals surface area (Å²) < 4.78 is 6.12. The third-order valence-electron chi connectivity index (χ3n) is 6.50. The second kappa shape index (κ2) is 11.9. The van der Waals surface area contributed by atoms with Gasteiger partial charge >= 0.3 is 0 Å². The molecule has 38 heavy (non-hydrogen) atoms. The van der Waals surface area contributed by atoms with Gasteiger partial charge in [-0.15, -0.1) is 12.4 Å².